The minimum absolute atomic E-state index is 0.138. The Bertz CT molecular complexity index is 686. The average molecular weight is 376 g/mol. The molecule has 122 valence electrons. The molecule has 0 saturated heterocycles. The number of rotatable bonds is 6. The number of nitrogens with zero attached hydrogens (tertiary/aromatic N) is 1. The molecule has 0 bridgehead atoms. The molecule has 0 atom stereocenters. The van der Waals surface area contributed by atoms with E-state index in [2.05, 4.69) is 45.4 Å². The number of amides is 1. The quantitative estimate of drug-likeness (QED) is 0.770. The molecule has 1 aromatic carbocycles. The molecule has 1 heterocycles. The van der Waals surface area contributed by atoms with Crippen molar-refractivity contribution in [2.75, 3.05) is 11.9 Å². The highest BCUT2D eigenvalue weighted by molar-refractivity contribution is 9.10. The lowest BCUT2D eigenvalue weighted by Crippen LogP contribution is -2.26. The number of hydrogen-bond acceptors (Lipinski definition) is 3. The van der Waals surface area contributed by atoms with E-state index in [1.54, 1.807) is 12.3 Å². The van der Waals surface area contributed by atoms with Gasteiger partial charge in [0.05, 0.1) is 0 Å². The molecule has 4 nitrogen and oxygen atoms in total. The van der Waals surface area contributed by atoms with E-state index in [-0.39, 0.29) is 5.91 Å². The van der Waals surface area contributed by atoms with Gasteiger partial charge in [-0.2, -0.15) is 0 Å². The molecule has 1 amide bonds. The first-order chi connectivity index (χ1) is 11.0. The van der Waals surface area contributed by atoms with Gasteiger partial charge < -0.3 is 10.6 Å². The van der Waals surface area contributed by atoms with Gasteiger partial charge in [0.15, 0.2) is 0 Å². The third-order valence-electron chi connectivity index (χ3n) is 3.45. The standard InChI is InChI=1S/C18H22BrN3O/c1-12(2)6-8-21-18(23)17-11-15(7-9-20-17)22-14-4-5-16(19)13(3)10-14/h4-5,7,9-12H,6,8H2,1-3H3,(H,20,22)(H,21,23). The van der Waals surface area contributed by atoms with Crippen LogP contribution in [-0.4, -0.2) is 17.4 Å². The van der Waals surface area contributed by atoms with Crippen molar-refractivity contribution < 1.29 is 4.79 Å². The van der Waals surface area contributed by atoms with Gasteiger partial charge in [0.2, 0.25) is 0 Å². The van der Waals surface area contributed by atoms with Gasteiger partial charge in [0.1, 0.15) is 5.69 Å². The highest BCUT2D eigenvalue weighted by Crippen LogP contribution is 2.23. The third kappa shape index (κ3) is 5.36. The Hall–Kier alpha value is -1.88. The van der Waals surface area contributed by atoms with E-state index in [9.17, 15) is 4.79 Å². The van der Waals surface area contributed by atoms with E-state index >= 15 is 0 Å². The van der Waals surface area contributed by atoms with Crippen molar-refractivity contribution >= 4 is 33.2 Å². The molecule has 1 aromatic heterocycles. The maximum absolute atomic E-state index is 12.1. The molecule has 0 aliphatic heterocycles. The molecule has 0 aliphatic rings. The zero-order valence-electron chi connectivity index (χ0n) is 13.7. The SMILES string of the molecule is Cc1cc(Nc2ccnc(C(=O)NCCC(C)C)c2)ccc1Br. The molecule has 0 spiro atoms. The second-order valence-electron chi connectivity index (χ2n) is 5.96. The van der Waals surface area contributed by atoms with Crippen LogP contribution in [0.3, 0.4) is 0 Å². The highest BCUT2D eigenvalue weighted by atomic mass is 79.9. The fourth-order valence-electron chi connectivity index (χ4n) is 2.09. The summed E-state index contributed by atoms with van der Waals surface area (Å²) in [5.74, 6) is 0.429. The first-order valence-corrected chi connectivity index (χ1v) is 8.52. The van der Waals surface area contributed by atoms with E-state index in [1.165, 1.54) is 0 Å². The van der Waals surface area contributed by atoms with Crippen molar-refractivity contribution in [3.63, 3.8) is 0 Å². The van der Waals surface area contributed by atoms with Crippen molar-refractivity contribution in [3.05, 3.63) is 52.3 Å². The number of hydrogen-bond donors (Lipinski definition) is 2. The number of benzene rings is 1. The Kier molecular flexibility index (Phi) is 6.16. The smallest absolute Gasteiger partial charge is 0.269 e. The Morgan fingerprint density at radius 1 is 1.22 bits per heavy atom. The first-order valence-electron chi connectivity index (χ1n) is 7.73. The van der Waals surface area contributed by atoms with Crippen LogP contribution in [0.2, 0.25) is 0 Å². The van der Waals surface area contributed by atoms with Crippen LogP contribution in [-0.2, 0) is 0 Å². The summed E-state index contributed by atoms with van der Waals surface area (Å²) >= 11 is 3.49. The van der Waals surface area contributed by atoms with Crippen molar-refractivity contribution in [2.45, 2.75) is 27.2 Å². The van der Waals surface area contributed by atoms with Gasteiger partial charge in [-0.1, -0.05) is 29.8 Å². The average Bonchev–Trinajstić information content (AvgIpc) is 2.51. The summed E-state index contributed by atoms with van der Waals surface area (Å²) in [6.07, 6.45) is 2.60. The normalized spacial score (nSPS) is 10.7. The fourth-order valence-corrected chi connectivity index (χ4v) is 2.33. The minimum atomic E-state index is -0.138. The summed E-state index contributed by atoms with van der Waals surface area (Å²) in [6, 6.07) is 9.65. The number of aryl methyl sites for hydroxylation is 1. The predicted octanol–water partition coefficient (Wildman–Crippen LogP) is 4.67. The molecule has 0 unspecified atom stereocenters. The summed E-state index contributed by atoms with van der Waals surface area (Å²) in [4.78, 5) is 16.3. The van der Waals surface area contributed by atoms with E-state index in [1.807, 2.05) is 31.2 Å². The number of aromatic nitrogens is 1. The predicted molar refractivity (Wildman–Crippen MR) is 98.2 cm³/mol. The maximum Gasteiger partial charge on any atom is 0.269 e. The lowest BCUT2D eigenvalue weighted by Gasteiger charge is -2.10. The first kappa shape index (κ1) is 17.5. The highest BCUT2D eigenvalue weighted by Gasteiger charge is 2.08. The lowest BCUT2D eigenvalue weighted by molar-refractivity contribution is 0.0947. The maximum atomic E-state index is 12.1. The van der Waals surface area contributed by atoms with Crippen molar-refractivity contribution in [1.82, 2.24) is 10.3 Å². The van der Waals surface area contributed by atoms with Crippen LogP contribution in [0.1, 0.15) is 36.3 Å². The molecule has 0 radical (unpaired) electrons. The van der Waals surface area contributed by atoms with Gasteiger partial charge in [0.25, 0.3) is 5.91 Å². The van der Waals surface area contributed by atoms with E-state index in [0.29, 0.717) is 18.2 Å². The Labute approximate surface area is 145 Å². The van der Waals surface area contributed by atoms with E-state index in [4.69, 9.17) is 0 Å². The molecule has 0 fully saturated rings. The van der Waals surface area contributed by atoms with Crippen LogP contribution < -0.4 is 10.6 Å². The molecular weight excluding hydrogens is 354 g/mol. The van der Waals surface area contributed by atoms with Crippen LogP contribution in [0.15, 0.2) is 41.0 Å². The van der Waals surface area contributed by atoms with Crippen LogP contribution >= 0.6 is 15.9 Å². The van der Waals surface area contributed by atoms with Crippen LogP contribution in [0.25, 0.3) is 0 Å². The van der Waals surface area contributed by atoms with Crippen molar-refractivity contribution in [2.24, 2.45) is 5.92 Å². The molecule has 2 aromatic rings. The number of pyridine rings is 1. The molecule has 0 saturated carbocycles. The number of nitrogens with one attached hydrogen (secondary N) is 2. The molecule has 2 rings (SSSR count). The van der Waals surface area contributed by atoms with Crippen LogP contribution in [0.4, 0.5) is 11.4 Å². The van der Waals surface area contributed by atoms with E-state index in [0.717, 1.165) is 27.8 Å². The summed E-state index contributed by atoms with van der Waals surface area (Å²) in [5, 5.41) is 6.20. The summed E-state index contributed by atoms with van der Waals surface area (Å²) in [6.45, 7) is 6.97. The molecule has 23 heavy (non-hydrogen) atoms. The van der Waals surface area contributed by atoms with Gasteiger partial charge in [-0.3, -0.25) is 9.78 Å². The zero-order valence-corrected chi connectivity index (χ0v) is 15.3. The Morgan fingerprint density at radius 2 is 1.96 bits per heavy atom. The van der Waals surface area contributed by atoms with Gasteiger partial charge >= 0.3 is 0 Å². The second-order valence-corrected chi connectivity index (χ2v) is 6.81. The second kappa shape index (κ2) is 8.11. The third-order valence-corrected chi connectivity index (χ3v) is 4.34. The molecule has 0 aliphatic carbocycles. The van der Waals surface area contributed by atoms with Crippen molar-refractivity contribution in [3.8, 4) is 0 Å². The number of carbonyl (C=O) groups excluding carboxylic acids is 1. The lowest BCUT2D eigenvalue weighted by atomic mass is 10.1. The summed E-state index contributed by atoms with van der Waals surface area (Å²) in [7, 11) is 0. The topological polar surface area (TPSA) is 54.0 Å². The number of anilines is 2. The van der Waals surface area contributed by atoms with Crippen LogP contribution in [0.5, 0.6) is 0 Å². The molecule has 5 heteroatoms. The summed E-state index contributed by atoms with van der Waals surface area (Å²) < 4.78 is 1.07. The Balaban J connectivity index is 2.04. The van der Waals surface area contributed by atoms with Crippen molar-refractivity contribution in [1.29, 1.82) is 0 Å². The fraction of sp³-hybridized carbons (Fsp3) is 0.333. The molecule has 2 N–H and O–H groups in total. The monoisotopic (exact) mass is 375 g/mol. The zero-order chi connectivity index (χ0) is 16.8. The minimum Gasteiger partial charge on any atom is -0.355 e. The van der Waals surface area contributed by atoms with Gasteiger partial charge in [0, 0.05) is 28.6 Å². The number of carbonyl (C=O) groups is 1. The van der Waals surface area contributed by atoms with E-state index < -0.39 is 0 Å². The Morgan fingerprint density at radius 3 is 2.65 bits per heavy atom. The van der Waals surface area contributed by atoms with Gasteiger partial charge in [-0.05, 0) is 55.2 Å². The van der Waals surface area contributed by atoms with Crippen LogP contribution in [0, 0.1) is 12.8 Å². The van der Waals surface area contributed by atoms with Gasteiger partial charge in [-0.15, -0.1) is 0 Å². The summed E-state index contributed by atoms with van der Waals surface area (Å²) in [5.41, 5.74) is 3.39. The van der Waals surface area contributed by atoms with Gasteiger partial charge in [-0.25, -0.2) is 0 Å². The molecular formula is C18H22BrN3O. The largest absolute Gasteiger partial charge is 0.355 e. The number of halogens is 1.